The minimum Gasteiger partial charge on any atom is -0.480 e. The fourth-order valence-corrected chi connectivity index (χ4v) is 1.78. The van der Waals surface area contributed by atoms with E-state index in [1.54, 1.807) is 4.68 Å². The molecule has 1 unspecified atom stereocenters. The first-order valence-corrected chi connectivity index (χ1v) is 6.14. The van der Waals surface area contributed by atoms with E-state index in [-0.39, 0.29) is 0 Å². The van der Waals surface area contributed by atoms with Gasteiger partial charge in [0.2, 0.25) is 0 Å². The van der Waals surface area contributed by atoms with Gasteiger partial charge in [0.25, 0.3) is 0 Å². The Labute approximate surface area is 102 Å². The molecule has 0 saturated heterocycles. The molecule has 1 atom stereocenters. The highest BCUT2D eigenvalue weighted by Gasteiger charge is 2.18. The van der Waals surface area contributed by atoms with Gasteiger partial charge in [-0.05, 0) is 25.5 Å². The van der Waals surface area contributed by atoms with Crippen molar-refractivity contribution in [1.82, 2.24) is 15.1 Å². The lowest BCUT2D eigenvalue weighted by atomic mass is 10.2. The van der Waals surface area contributed by atoms with Crippen LogP contribution in [0.4, 0.5) is 0 Å². The van der Waals surface area contributed by atoms with Crippen LogP contribution in [0, 0.1) is 0 Å². The molecule has 1 heterocycles. The lowest BCUT2D eigenvalue weighted by molar-refractivity contribution is -0.139. The number of rotatable bonds is 7. The summed E-state index contributed by atoms with van der Waals surface area (Å²) in [6.45, 7) is 7.02. The topological polar surface area (TPSA) is 67.2 Å². The minimum atomic E-state index is -0.831. The van der Waals surface area contributed by atoms with Gasteiger partial charge in [0.1, 0.15) is 6.04 Å². The van der Waals surface area contributed by atoms with E-state index >= 15 is 0 Å². The summed E-state index contributed by atoms with van der Waals surface area (Å²) >= 11 is 0. The monoisotopic (exact) mass is 239 g/mol. The lowest BCUT2D eigenvalue weighted by Gasteiger charge is -2.14. The molecule has 0 radical (unpaired) electrons. The van der Waals surface area contributed by atoms with E-state index in [0.717, 1.165) is 24.2 Å². The van der Waals surface area contributed by atoms with Crippen LogP contribution in [0.5, 0.6) is 0 Å². The summed E-state index contributed by atoms with van der Waals surface area (Å²) in [6.07, 6.45) is 1.74. The largest absolute Gasteiger partial charge is 0.480 e. The fourth-order valence-electron chi connectivity index (χ4n) is 1.78. The van der Waals surface area contributed by atoms with Crippen LogP contribution in [0.25, 0.3) is 0 Å². The van der Waals surface area contributed by atoms with Crippen molar-refractivity contribution in [2.75, 3.05) is 6.54 Å². The quantitative estimate of drug-likeness (QED) is 0.747. The second-order valence-corrected chi connectivity index (χ2v) is 3.96. The van der Waals surface area contributed by atoms with Gasteiger partial charge in [-0.15, -0.1) is 0 Å². The molecule has 5 nitrogen and oxygen atoms in total. The molecule has 2 N–H and O–H groups in total. The van der Waals surface area contributed by atoms with Gasteiger partial charge in [-0.3, -0.25) is 9.48 Å². The number of hydrogen-bond acceptors (Lipinski definition) is 3. The van der Waals surface area contributed by atoms with E-state index in [1.807, 2.05) is 19.9 Å². The van der Waals surface area contributed by atoms with Gasteiger partial charge < -0.3 is 10.4 Å². The number of likely N-dealkylation sites (N-methyl/N-ethyl adjacent to an activating group) is 1. The average molecular weight is 239 g/mol. The van der Waals surface area contributed by atoms with E-state index in [4.69, 9.17) is 5.11 Å². The third-order valence-electron chi connectivity index (χ3n) is 2.74. The van der Waals surface area contributed by atoms with Crippen LogP contribution in [0.15, 0.2) is 6.07 Å². The van der Waals surface area contributed by atoms with Crippen LogP contribution in [-0.4, -0.2) is 33.4 Å². The van der Waals surface area contributed by atoms with Crippen LogP contribution in [0.2, 0.25) is 0 Å². The fraction of sp³-hybridized carbons (Fsp3) is 0.667. The Kier molecular flexibility index (Phi) is 5.15. The lowest BCUT2D eigenvalue weighted by Crippen LogP contribution is -2.40. The number of carboxylic acid groups (broad SMARTS) is 1. The molecule has 0 aliphatic rings. The number of nitrogens with one attached hydrogen (secondary N) is 1. The summed E-state index contributed by atoms with van der Waals surface area (Å²) in [5.41, 5.74) is 2.11. The van der Waals surface area contributed by atoms with Crippen molar-refractivity contribution in [3.8, 4) is 0 Å². The van der Waals surface area contributed by atoms with Crippen molar-refractivity contribution >= 4 is 5.97 Å². The number of hydrogen-bond donors (Lipinski definition) is 2. The molecule has 96 valence electrons. The molecule has 5 heteroatoms. The summed E-state index contributed by atoms with van der Waals surface area (Å²) in [7, 11) is 0. The summed E-state index contributed by atoms with van der Waals surface area (Å²) in [4.78, 5) is 11.1. The maximum absolute atomic E-state index is 11.1. The molecule has 1 rings (SSSR count). The third kappa shape index (κ3) is 3.56. The molecule has 0 spiro atoms. The summed E-state index contributed by atoms with van der Waals surface area (Å²) in [5, 5.41) is 16.5. The van der Waals surface area contributed by atoms with Gasteiger partial charge in [0, 0.05) is 5.69 Å². The molecule has 0 bridgehead atoms. The number of aliphatic carboxylic acids is 1. The number of aromatic nitrogens is 2. The first-order chi connectivity index (χ1) is 8.12. The Morgan fingerprint density at radius 2 is 2.18 bits per heavy atom. The molecule has 0 amide bonds. The maximum Gasteiger partial charge on any atom is 0.322 e. The summed E-state index contributed by atoms with van der Waals surface area (Å²) in [5.74, 6) is -0.831. The molecule has 0 aliphatic carbocycles. The molecule has 0 fully saturated rings. The van der Waals surface area contributed by atoms with Gasteiger partial charge in [0.15, 0.2) is 0 Å². The smallest absolute Gasteiger partial charge is 0.322 e. The van der Waals surface area contributed by atoms with Crippen LogP contribution in [-0.2, 0) is 24.2 Å². The van der Waals surface area contributed by atoms with Crippen LogP contribution in [0.3, 0.4) is 0 Å². The van der Waals surface area contributed by atoms with Crippen molar-refractivity contribution in [3.05, 3.63) is 17.5 Å². The van der Waals surface area contributed by atoms with Gasteiger partial charge in [-0.2, -0.15) is 5.10 Å². The van der Waals surface area contributed by atoms with E-state index in [9.17, 15) is 4.79 Å². The van der Waals surface area contributed by atoms with Crippen LogP contribution < -0.4 is 5.32 Å². The number of carboxylic acids is 1. The second-order valence-electron chi connectivity index (χ2n) is 3.96. The van der Waals surface area contributed by atoms with Gasteiger partial charge >= 0.3 is 5.97 Å². The standard InChI is InChI=1S/C12H21N3O2/c1-4-9-7-10(5-2)15(14-9)8-11(12(16)17)13-6-3/h7,11,13H,4-6,8H2,1-3H3,(H,16,17). The minimum absolute atomic E-state index is 0.381. The van der Waals surface area contributed by atoms with E-state index in [1.165, 1.54) is 0 Å². The van der Waals surface area contributed by atoms with Crippen LogP contribution >= 0.6 is 0 Å². The van der Waals surface area contributed by atoms with Crippen LogP contribution in [0.1, 0.15) is 32.2 Å². The zero-order valence-electron chi connectivity index (χ0n) is 10.7. The molecule has 1 aromatic heterocycles. The summed E-state index contributed by atoms with van der Waals surface area (Å²) in [6, 6.07) is 1.47. The number of nitrogens with zero attached hydrogens (tertiary/aromatic N) is 2. The Hall–Kier alpha value is -1.36. The first kappa shape index (κ1) is 13.7. The molecule has 1 aromatic rings. The predicted molar refractivity (Wildman–Crippen MR) is 66.1 cm³/mol. The third-order valence-corrected chi connectivity index (χ3v) is 2.74. The Morgan fingerprint density at radius 3 is 2.65 bits per heavy atom. The van der Waals surface area contributed by atoms with Gasteiger partial charge in [0.05, 0.1) is 12.2 Å². The van der Waals surface area contributed by atoms with Crippen molar-refractivity contribution < 1.29 is 9.90 Å². The molecule has 17 heavy (non-hydrogen) atoms. The normalized spacial score (nSPS) is 12.6. The predicted octanol–water partition coefficient (Wildman–Crippen LogP) is 1.07. The Balaban J connectivity index is 2.83. The first-order valence-electron chi connectivity index (χ1n) is 6.14. The molecule has 0 aliphatic heterocycles. The SMILES string of the molecule is CCNC(Cn1nc(CC)cc1CC)C(=O)O. The van der Waals surface area contributed by atoms with E-state index < -0.39 is 12.0 Å². The highest BCUT2D eigenvalue weighted by Crippen LogP contribution is 2.07. The van der Waals surface area contributed by atoms with Crippen molar-refractivity contribution in [1.29, 1.82) is 0 Å². The number of carbonyl (C=O) groups is 1. The van der Waals surface area contributed by atoms with Gasteiger partial charge in [-0.1, -0.05) is 20.8 Å². The molecule has 0 saturated carbocycles. The van der Waals surface area contributed by atoms with Crippen molar-refractivity contribution in [2.24, 2.45) is 0 Å². The number of aryl methyl sites for hydroxylation is 2. The zero-order chi connectivity index (χ0) is 12.8. The maximum atomic E-state index is 11.1. The summed E-state index contributed by atoms with van der Waals surface area (Å²) < 4.78 is 1.81. The molecule has 0 aromatic carbocycles. The van der Waals surface area contributed by atoms with Crippen molar-refractivity contribution in [2.45, 2.75) is 46.2 Å². The molecular weight excluding hydrogens is 218 g/mol. The average Bonchev–Trinajstić information content (AvgIpc) is 2.70. The van der Waals surface area contributed by atoms with E-state index in [0.29, 0.717) is 13.1 Å². The van der Waals surface area contributed by atoms with Crippen molar-refractivity contribution in [3.63, 3.8) is 0 Å². The Morgan fingerprint density at radius 1 is 1.47 bits per heavy atom. The van der Waals surface area contributed by atoms with E-state index in [2.05, 4.69) is 17.3 Å². The molecular formula is C12H21N3O2. The highest BCUT2D eigenvalue weighted by molar-refractivity contribution is 5.73. The highest BCUT2D eigenvalue weighted by atomic mass is 16.4. The second kappa shape index (κ2) is 6.39. The zero-order valence-corrected chi connectivity index (χ0v) is 10.7. The Bertz CT molecular complexity index is 374. The van der Waals surface area contributed by atoms with Gasteiger partial charge in [-0.25, -0.2) is 0 Å².